The van der Waals surface area contributed by atoms with Crippen LogP contribution in [0.4, 0.5) is 0 Å². The highest BCUT2D eigenvalue weighted by Gasteiger charge is 2.10. The maximum absolute atomic E-state index is 11.1. The Bertz CT molecular complexity index is 323. The summed E-state index contributed by atoms with van der Waals surface area (Å²) in [6.45, 7) is 2.23. The highest BCUT2D eigenvalue weighted by molar-refractivity contribution is 5.88. The molecule has 70 valence electrons. The van der Waals surface area contributed by atoms with Crippen LogP contribution in [0.25, 0.3) is 0 Å². The van der Waals surface area contributed by atoms with Gasteiger partial charge in [0.05, 0.1) is 7.11 Å². The van der Waals surface area contributed by atoms with Crippen molar-refractivity contribution in [3.8, 4) is 0 Å². The molecule has 0 saturated heterocycles. The van der Waals surface area contributed by atoms with Gasteiger partial charge >= 0.3 is 5.97 Å². The van der Waals surface area contributed by atoms with Crippen LogP contribution in [0.3, 0.4) is 0 Å². The summed E-state index contributed by atoms with van der Waals surface area (Å²) in [5, 5.41) is 0. The van der Waals surface area contributed by atoms with E-state index >= 15 is 0 Å². The minimum Gasteiger partial charge on any atom is -0.464 e. The van der Waals surface area contributed by atoms with Crippen LogP contribution in [0.2, 0.25) is 0 Å². The topological polar surface area (TPSA) is 65.2 Å². The molecule has 0 aromatic carbocycles. The zero-order chi connectivity index (χ0) is 9.84. The maximum Gasteiger partial charge on any atom is 0.356 e. The van der Waals surface area contributed by atoms with E-state index in [4.69, 9.17) is 5.73 Å². The zero-order valence-electron chi connectivity index (χ0n) is 7.70. The molecule has 1 heterocycles. The number of ether oxygens (including phenoxy) is 1. The van der Waals surface area contributed by atoms with Gasteiger partial charge in [0.15, 0.2) is 5.69 Å². The third-order valence-corrected chi connectivity index (χ3v) is 1.75. The average Bonchev–Trinajstić information content (AvgIpc) is 2.16. The van der Waals surface area contributed by atoms with E-state index in [1.165, 1.54) is 7.11 Å². The quantitative estimate of drug-likeness (QED) is 0.678. The number of rotatable bonds is 2. The fraction of sp³-hybridized carbons (Fsp3) is 0.333. The standard InChI is InChI=1S/C9H12N2O2/c1-6-3-7(4-10)5-11-8(6)9(12)13-2/h3,5H,4,10H2,1-2H3. The number of nitrogens with two attached hydrogens (primary N) is 1. The van der Waals surface area contributed by atoms with Crippen molar-refractivity contribution in [1.29, 1.82) is 0 Å². The Balaban J connectivity index is 3.05. The molecule has 0 radical (unpaired) electrons. The van der Waals surface area contributed by atoms with Crippen molar-refractivity contribution in [2.45, 2.75) is 13.5 Å². The Hall–Kier alpha value is -1.42. The predicted octanol–water partition coefficient (Wildman–Crippen LogP) is 0.635. The van der Waals surface area contributed by atoms with Crippen LogP contribution in [0.1, 0.15) is 21.6 Å². The zero-order valence-corrected chi connectivity index (χ0v) is 7.70. The molecule has 0 aliphatic heterocycles. The first-order valence-corrected chi connectivity index (χ1v) is 3.93. The molecule has 1 rings (SSSR count). The van der Waals surface area contributed by atoms with E-state index in [-0.39, 0.29) is 0 Å². The van der Waals surface area contributed by atoms with Gasteiger partial charge in [-0.15, -0.1) is 0 Å². The summed E-state index contributed by atoms with van der Waals surface area (Å²) < 4.78 is 4.56. The molecule has 0 amide bonds. The van der Waals surface area contributed by atoms with Crippen LogP contribution in [0.5, 0.6) is 0 Å². The van der Waals surface area contributed by atoms with Crippen molar-refractivity contribution in [1.82, 2.24) is 4.98 Å². The van der Waals surface area contributed by atoms with Crippen molar-refractivity contribution < 1.29 is 9.53 Å². The number of hydrogen-bond acceptors (Lipinski definition) is 4. The summed E-state index contributed by atoms with van der Waals surface area (Å²) in [6.07, 6.45) is 1.58. The smallest absolute Gasteiger partial charge is 0.356 e. The van der Waals surface area contributed by atoms with Gasteiger partial charge in [0.25, 0.3) is 0 Å². The Morgan fingerprint density at radius 2 is 2.38 bits per heavy atom. The second-order valence-corrected chi connectivity index (χ2v) is 2.70. The fourth-order valence-electron chi connectivity index (χ4n) is 1.05. The van der Waals surface area contributed by atoms with E-state index in [0.717, 1.165) is 11.1 Å². The Kier molecular flexibility index (Phi) is 2.97. The van der Waals surface area contributed by atoms with E-state index in [9.17, 15) is 4.79 Å². The lowest BCUT2D eigenvalue weighted by Gasteiger charge is -2.03. The van der Waals surface area contributed by atoms with Crippen molar-refractivity contribution in [2.24, 2.45) is 5.73 Å². The van der Waals surface area contributed by atoms with Gasteiger partial charge in [-0.2, -0.15) is 0 Å². The average molecular weight is 180 g/mol. The molecule has 0 fully saturated rings. The molecule has 2 N–H and O–H groups in total. The minimum absolute atomic E-state index is 0.347. The molecule has 0 aliphatic carbocycles. The lowest BCUT2D eigenvalue weighted by Crippen LogP contribution is -2.08. The van der Waals surface area contributed by atoms with E-state index in [1.807, 2.05) is 6.07 Å². The largest absolute Gasteiger partial charge is 0.464 e. The van der Waals surface area contributed by atoms with Crippen molar-refractivity contribution in [3.05, 3.63) is 29.1 Å². The third-order valence-electron chi connectivity index (χ3n) is 1.75. The summed E-state index contributed by atoms with van der Waals surface area (Å²) in [7, 11) is 1.33. The Morgan fingerprint density at radius 3 is 2.85 bits per heavy atom. The van der Waals surface area contributed by atoms with Gasteiger partial charge in [-0.25, -0.2) is 9.78 Å². The van der Waals surface area contributed by atoms with Crippen LogP contribution < -0.4 is 5.73 Å². The van der Waals surface area contributed by atoms with Gasteiger partial charge in [-0.3, -0.25) is 0 Å². The second kappa shape index (κ2) is 4.00. The van der Waals surface area contributed by atoms with Crippen molar-refractivity contribution in [3.63, 3.8) is 0 Å². The van der Waals surface area contributed by atoms with Gasteiger partial charge < -0.3 is 10.5 Å². The van der Waals surface area contributed by atoms with E-state index in [1.54, 1.807) is 13.1 Å². The molecular formula is C9H12N2O2. The Labute approximate surface area is 76.7 Å². The lowest BCUT2D eigenvalue weighted by atomic mass is 10.1. The van der Waals surface area contributed by atoms with Crippen LogP contribution in [0.15, 0.2) is 12.3 Å². The predicted molar refractivity (Wildman–Crippen MR) is 48.2 cm³/mol. The van der Waals surface area contributed by atoms with Gasteiger partial charge in [0.2, 0.25) is 0 Å². The molecule has 0 bridgehead atoms. The number of esters is 1. The summed E-state index contributed by atoms with van der Waals surface area (Å²) >= 11 is 0. The Morgan fingerprint density at radius 1 is 1.69 bits per heavy atom. The molecule has 1 aromatic heterocycles. The molecule has 0 aliphatic rings. The van der Waals surface area contributed by atoms with Crippen molar-refractivity contribution >= 4 is 5.97 Å². The number of methoxy groups -OCH3 is 1. The van der Waals surface area contributed by atoms with Crippen LogP contribution in [0, 0.1) is 6.92 Å². The molecule has 13 heavy (non-hydrogen) atoms. The maximum atomic E-state index is 11.1. The van der Waals surface area contributed by atoms with Crippen LogP contribution in [-0.2, 0) is 11.3 Å². The molecule has 1 aromatic rings. The number of aryl methyl sites for hydroxylation is 1. The number of carbonyl (C=O) groups is 1. The van der Waals surface area contributed by atoms with E-state index in [2.05, 4.69) is 9.72 Å². The first-order valence-electron chi connectivity index (χ1n) is 3.93. The summed E-state index contributed by atoms with van der Waals surface area (Å²) in [4.78, 5) is 15.1. The van der Waals surface area contributed by atoms with Crippen molar-refractivity contribution in [2.75, 3.05) is 7.11 Å². The van der Waals surface area contributed by atoms with Gasteiger partial charge in [-0.1, -0.05) is 6.07 Å². The second-order valence-electron chi connectivity index (χ2n) is 2.70. The number of hydrogen-bond donors (Lipinski definition) is 1. The molecule has 0 atom stereocenters. The summed E-state index contributed by atoms with van der Waals surface area (Å²) in [5.74, 6) is -0.416. The molecule has 0 unspecified atom stereocenters. The normalized spacial score (nSPS) is 9.77. The van der Waals surface area contributed by atoms with E-state index < -0.39 is 5.97 Å². The van der Waals surface area contributed by atoms with Crippen LogP contribution in [-0.4, -0.2) is 18.1 Å². The molecule has 0 spiro atoms. The van der Waals surface area contributed by atoms with Gasteiger partial charge in [-0.05, 0) is 18.1 Å². The third kappa shape index (κ3) is 2.03. The molecule has 4 heteroatoms. The molecular weight excluding hydrogens is 168 g/mol. The number of carbonyl (C=O) groups excluding carboxylic acids is 1. The minimum atomic E-state index is -0.416. The summed E-state index contributed by atoms with van der Waals surface area (Å²) in [5.41, 5.74) is 7.46. The van der Waals surface area contributed by atoms with E-state index in [0.29, 0.717) is 12.2 Å². The highest BCUT2D eigenvalue weighted by atomic mass is 16.5. The summed E-state index contributed by atoms with van der Waals surface area (Å²) in [6, 6.07) is 1.83. The first-order chi connectivity index (χ1) is 6.19. The number of pyridine rings is 1. The SMILES string of the molecule is COC(=O)c1ncc(CN)cc1C. The number of nitrogens with zero attached hydrogens (tertiary/aromatic N) is 1. The molecule has 0 saturated carbocycles. The number of aromatic nitrogens is 1. The van der Waals surface area contributed by atoms with Crippen LogP contribution >= 0.6 is 0 Å². The van der Waals surface area contributed by atoms with Gasteiger partial charge in [0.1, 0.15) is 0 Å². The highest BCUT2D eigenvalue weighted by Crippen LogP contribution is 2.08. The molecule has 4 nitrogen and oxygen atoms in total. The monoisotopic (exact) mass is 180 g/mol. The fourth-order valence-corrected chi connectivity index (χ4v) is 1.05. The first kappa shape index (κ1) is 9.67. The lowest BCUT2D eigenvalue weighted by molar-refractivity contribution is 0.0593. The van der Waals surface area contributed by atoms with Gasteiger partial charge in [0, 0.05) is 12.7 Å².